The highest BCUT2D eigenvalue weighted by molar-refractivity contribution is 6.24. The quantitative estimate of drug-likeness (QED) is 0.643. The van der Waals surface area contributed by atoms with Gasteiger partial charge in [0, 0.05) is 45.1 Å². The number of piperidine rings is 1. The van der Waals surface area contributed by atoms with Crippen molar-refractivity contribution in [2.75, 3.05) is 32.8 Å². The maximum atomic E-state index is 13.2. The van der Waals surface area contributed by atoms with E-state index in [-0.39, 0.29) is 24.9 Å². The zero-order chi connectivity index (χ0) is 20.8. The third-order valence-corrected chi connectivity index (χ3v) is 6.46. The van der Waals surface area contributed by atoms with Gasteiger partial charge in [-0.2, -0.15) is 0 Å². The smallest absolute Gasteiger partial charge is 0.262 e. The Morgan fingerprint density at radius 1 is 1.10 bits per heavy atom. The van der Waals surface area contributed by atoms with Crippen molar-refractivity contribution >= 4 is 23.6 Å². The first-order chi connectivity index (χ1) is 14.5. The Hall–Kier alpha value is -2.62. The molecule has 30 heavy (non-hydrogen) atoms. The van der Waals surface area contributed by atoms with E-state index in [0.29, 0.717) is 30.2 Å². The summed E-state index contributed by atoms with van der Waals surface area (Å²) in [6.45, 7) is 4.67. The van der Waals surface area contributed by atoms with E-state index in [1.807, 2.05) is 6.07 Å². The summed E-state index contributed by atoms with van der Waals surface area (Å²) in [4.78, 5) is 53.2. The van der Waals surface area contributed by atoms with Crippen LogP contribution in [-0.4, -0.2) is 78.4 Å². The Labute approximate surface area is 173 Å². The second-order valence-corrected chi connectivity index (χ2v) is 8.35. The molecule has 3 fully saturated rings. The van der Waals surface area contributed by atoms with Gasteiger partial charge < -0.3 is 10.1 Å². The molecule has 0 bridgehead atoms. The van der Waals surface area contributed by atoms with Crippen LogP contribution in [0.1, 0.15) is 39.1 Å². The number of amides is 4. The molecule has 2 N–H and O–H groups in total. The molecule has 4 aliphatic heterocycles. The molecule has 4 aliphatic rings. The monoisotopic (exact) mass is 412 g/mol. The molecule has 0 aliphatic carbocycles. The summed E-state index contributed by atoms with van der Waals surface area (Å²) in [5.74, 6) is -1.37. The standard InChI is InChI=1S/C21H24N4O5/c26-17-5-4-15(19(27)23-17)25-20(28)14-3-1-2-12(18(14)21(25)29)10-24-6-7-30-16(11-24)13-8-22-9-13/h1-3,13,15-16,22H,4-11H2,(H,23,26,27). The van der Waals surface area contributed by atoms with E-state index in [0.717, 1.165) is 36.6 Å². The highest BCUT2D eigenvalue weighted by atomic mass is 16.5. The number of carbonyl (C=O) groups excluding carboxylic acids is 4. The van der Waals surface area contributed by atoms with Crippen LogP contribution in [0.15, 0.2) is 18.2 Å². The third kappa shape index (κ3) is 3.23. The minimum atomic E-state index is -0.943. The number of nitrogens with zero attached hydrogens (tertiary/aromatic N) is 2. The van der Waals surface area contributed by atoms with Gasteiger partial charge in [0.1, 0.15) is 6.04 Å². The summed E-state index contributed by atoms with van der Waals surface area (Å²) in [5, 5.41) is 5.50. The lowest BCUT2D eigenvalue weighted by Crippen LogP contribution is -2.55. The molecule has 1 aromatic rings. The molecule has 4 heterocycles. The van der Waals surface area contributed by atoms with E-state index in [9.17, 15) is 19.2 Å². The molecule has 2 atom stereocenters. The average Bonchev–Trinajstić information content (AvgIpc) is 2.93. The van der Waals surface area contributed by atoms with Crippen LogP contribution in [0.2, 0.25) is 0 Å². The van der Waals surface area contributed by atoms with E-state index in [1.165, 1.54) is 0 Å². The van der Waals surface area contributed by atoms with Gasteiger partial charge in [-0.3, -0.25) is 34.3 Å². The van der Waals surface area contributed by atoms with Crippen molar-refractivity contribution in [3.8, 4) is 0 Å². The van der Waals surface area contributed by atoms with Crippen molar-refractivity contribution in [3.63, 3.8) is 0 Å². The Kier molecular flexibility index (Phi) is 4.88. The van der Waals surface area contributed by atoms with Crippen LogP contribution in [0.3, 0.4) is 0 Å². The summed E-state index contributed by atoms with van der Waals surface area (Å²) in [5.41, 5.74) is 1.49. The van der Waals surface area contributed by atoms with Crippen molar-refractivity contribution in [1.29, 1.82) is 0 Å². The van der Waals surface area contributed by atoms with Crippen LogP contribution in [0.25, 0.3) is 0 Å². The van der Waals surface area contributed by atoms with Crippen molar-refractivity contribution in [3.05, 3.63) is 34.9 Å². The fraction of sp³-hybridized carbons (Fsp3) is 0.524. The molecule has 1 aromatic carbocycles. The molecule has 0 radical (unpaired) electrons. The zero-order valence-electron chi connectivity index (χ0n) is 16.6. The van der Waals surface area contributed by atoms with Gasteiger partial charge >= 0.3 is 0 Å². The third-order valence-electron chi connectivity index (χ3n) is 6.46. The number of hydrogen-bond acceptors (Lipinski definition) is 7. The van der Waals surface area contributed by atoms with E-state index in [4.69, 9.17) is 4.74 Å². The maximum Gasteiger partial charge on any atom is 0.262 e. The van der Waals surface area contributed by atoms with Crippen LogP contribution < -0.4 is 10.6 Å². The van der Waals surface area contributed by atoms with Crippen molar-refractivity contribution in [2.24, 2.45) is 5.92 Å². The number of rotatable bonds is 4. The van der Waals surface area contributed by atoms with Crippen LogP contribution in [0.5, 0.6) is 0 Å². The SMILES string of the molecule is O=C1CCC(N2C(=O)c3cccc(CN4CCOC(C5CNC5)C4)c3C2=O)C(=O)N1. The molecular formula is C21H24N4O5. The number of morpholine rings is 1. The fourth-order valence-electron chi connectivity index (χ4n) is 4.69. The van der Waals surface area contributed by atoms with Gasteiger partial charge in [-0.1, -0.05) is 12.1 Å². The molecule has 0 spiro atoms. The molecule has 0 aromatic heterocycles. The number of benzene rings is 1. The molecule has 3 saturated heterocycles. The average molecular weight is 412 g/mol. The Balaban J connectivity index is 1.37. The van der Waals surface area contributed by atoms with Crippen molar-refractivity contribution in [2.45, 2.75) is 31.5 Å². The zero-order valence-corrected chi connectivity index (χ0v) is 16.6. The lowest BCUT2D eigenvalue weighted by atomic mass is 9.94. The molecule has 158 valence electrons. The fourth-order valence-corrected chi connectivity index (χ4v) is 4.69. The van der Waals surface area contributed by atoms with Gasteiger partial charge in [0.15, 0.2) is 0 Å². The summed E-state index contributed by atoms with van der Waals surface area (Å²) in [7, 11) is 0. The summed E-state index contributed by atoms with van der Waals surface area (Å²) < 4.78 is 5.91. The predicted molar refractivity (Wildman–Crippen MR) is 104 cm³/mol. The van der Waals surface area contributed by atoms with E-state index >= 15 is 0 Å². The minimum Gasteiger partial charge on any atom is -0.375 e. The largest absolute Gasteiger partial charge is 0.375 e. The highest BCUT2D eigenvalue weighted by Crippen LogP contribution is 2.31. The second kappa shape index (κ2) is 7.57. The minimum absolute atomic E-state index is 0.113. The lowest BCUT2D eigenvalue weighted by molar-refractivity contribution is -0.136. The molecule has 9 heteroatoms. The number of fused-ring (bicyclic) bond motifs is 1. The van der Waals surface area contributed by atoms with E-state index < -0.39 is 23.8 Å². The molecule has 0 saturated carbocycles. The Morgan fingerprint density at radius 2 is 1.93 bits per heavy atom. The van der Waals surface area contributed by atoms with Gasteiger partial charge in [0.25, 0.3) is 11.8 Å². The molecule has 2 unspecified atom stereocenters. The Bertz CT molecular complexity index is 928. The van der Waals surface area contributed by atoms with E-state index in [2.05, 4.69) is 15.5 Å². The first-order valence-electron chi connectivity index (χ1n) is 10.4. The first kappa shape index (κ1) is 19.3. The first-order valence-corrected chi connectivity index (χ1v) is 10.4. The molecule has 9 nitrogen and oxygen atoms in total. The summed E-state index contributed by atoms with van der Waals surface area (Å²) in [6.07, 6.45) is 0.447. The number of carbonyl (C=O) groups is 4. The van der Waals surface area contributed by atoms with Crippen molar-refractivity contribution in [1.82, 2.24) is 20.4 Å². The molecule has 4 amide bonds. The maximum absolute atomic E-state index is 13.2. The van der Waals surface area contributed by atoms with Crippen LogP contribution in [-0.2, 0) is 20.9 Å². The highest BCUT2D eigenvalue weighted by Gasteiger charge is 2.45. The normalized spacial score (nSPS) is 27.8. The van der Waals surface area contributed by atoms with Crippen molar-refractivity contribution < 1.29 is 23.9 Å². The Morgan fingerprint density at radius 3 is 2.67 bits per heavy atom. The van der Waals surface area contributed by atoms with Crippen LogP contribution in [0.4, 0.5) is 0 Å². The van der Waals surface area contributed by atoms with Gasteiger partial charge in [0.05, 0.1) is 23.8 Å². The van der Waals surface area contributed by atoms with Gasteiger partial charge in [-0.05, 0) is 18.1 Å². The number of ether oxygens (including phenoxy) is 1. The van der Waals surface area contributed by atoms with Crippen LogP contribution >= 0.6 is 0 Å². The van der Waals surface area contributed by atoms with Gasteiger partial charge in [0.2, 0.25) is 11.8 Å². The summed E-state index contributed by atoms with van der Waals surface area (Å²) in [6, 6.07) is 4.34. The van der Waals surface area contributed by atoms with Crippen LogP contribution in [0, 0.1) is 5.92 Å². The number of imide groups is 2. The van der Waals surface area contributed by atoms with Gasteiger partial charge in [-0.15, -0.1) is 0 Å². The molecular weight excluding hydrogens is 388 g/mol. The molecule has 5 rings (SSSR count). The topological polar surface area (TPSA) is 108 Å². The number of hydrogen-bond donors (Lipinski definition) is 2. The van der Waals surface area contributed by atoms with Gasteiger partial charge in [-0.25, -0.2) is 0 Å². The summed E-state index contributed by atoms with van der Waals surface area (Å²) >= 11 is 0. The predicted octanol–water partition coefficient (Wildman–Crippen LogP) is -0.492. The lowest BCUT2D eigenvalue weighted by Gasteiger charge is -2.41. The second-order valence-electron chi connectivity index (χ2n) is 8.35. The number of nitrogens with one attached hydrogen (secondary N) is 2. The van der Waals surface area contributed by atoms with E-state index in [1.54, 1.807) is 12.1 Å².